The lowest BCUT2D eigenvalue weighted by molar-refractivity contribution is -0.125. The highest BCUT2D eigenvalue weighted by atomic mass is 19.1. The molecule has 4 rings (SSSR count). The van der Waals surface area contributed by atoms with Gasteiger partial charge in [-0.2, -0.15) is 5.10 Å². The molecule has 2 atom stereocenters. The number of hydrogen-bond donors (Lipinski definition) is 2. The highest BCUT2D eigenvalue weighted by Crippen LogP contribution is 2.30. The monoisotopic (exact) mass is 490 g/mol. The Morgan fingerprint density at radius 2 is 1.83 bits per heavy atom. The lowest BCUT2D eigenvalue weighted by Gasteiger charge is -2.27. The maximum atomic E-state index is 13.3. The van der Waals surface area contributed by atoms with Crippen LogP contribution in [0.25, 0.3) is 16.6 Å². The zero-order valence-corrected chi connectivity index (χ0v) is 20.2. The molecule has 1 unspecified atom stereocenters. The third kappa shape index (κ3) is 5.80. The first-order chi connectivity index (χ1) is 17.3. The van der Waals surface area contributed by atoms with Crippen LogP contribution in [-0.4, -0.2) is 41.3 Å². The number of fused-ring (bicyclic) bond motifs is 1. The molecule has 2 N–H and O–H groups in total. The fourth-order valence-electron chi connectivity index (χ4n) is 3.88. The number of benzene rings is 3. The van der Waals surface area contributed by atoms with Crippen LogP contribution in [0.4, 0.5) is 4.39 Å². The molecule has 0 fully saturated rings. The summed E-state index contributed by atoms with van der Waals surface area (Å²) in [5, 5.41) is 10.7. The molecule has 0 aliphatic carbocycles. The molecule has 0 aliphatic heterocycles. The summed E-state index contributed by atoms with van der Waals surface area (Å²) in [6, 6.07) is 18.7. The van der Waals surface area contributed by atoms with Crippen molar-refractivity contribution >= 4 is 22.7 Å². The van der Waals surface area contributed by atoms with Crippen LogP contribution in [-0.2, 0) is 9.59 Å². The first-order valence-electron chi connectivity index (χ1n) is 11.4. The van der Waals surface area contributed by atoms with E-state index in [0.717, 1.165) is 22.2 Å². The number of nitrogens with zero attached hydrogens (tertiary/aromatic N) is 2. The van der Waals surface area contributed by atoms with Gasteiger partial charge in [-0.05, 0) is 67.1 Å². The molecule has 0 spiro atoms. The van der Waals surface area contributed by atoms with E-state index in [1.165, 1.54) is 19.1 Å². The molecule has 9 heteroatoms. The number of halogens is 1. The van der Waals surface area contributed by atoms with Gasteiger partial charge in [-0.15, -0.1) is 0 Å². The first-order valence-corrected chi connectivity index (χ1v) is 11.4. The van der Waals surface area contributed by atoms with E-state index in [1.54, 1.807) is 30.1 Å². The molecule has 0 saturated heterocycles. The van der Waals surface area contributed by atoms with E-state index >= 15 is 0 Å². The highest BCUT2D eigenvalue weighted by molar-refractivity contribution is 5.84. The van der Waals surface area contributed by atoms with Gasteiger partial charge in [-0.3, -0.25) is 9.59 Å². The van der Waals surface area contributed by atoms with Gasteiger partial charge in [0.15, 0.2) is 0 Å². The molecule has 0 saturated carbocycles. The van der Waals surface area contributed by atoms with Crippen LogP contribution in [0.1, 0.15) is 25.5 Å². The van der Waals surface area contributed by atoms with E-state index < -0.39 is 12.1 Å². The zero-order chi connectivity index (χ0) is 25.7. The second-order valence-electron chi connectivity index (χ2n) is 8.33. The van der Waals surface area contributed by atoms with E-state index in [2.05, 4.69) is 15.7 Å². The molecular weight excluding hydrogens is 463 g/mol. The van der Waals surface area contributed by atoms with Crippen molar-refractivity contribution in [2.75, 3.05) is 13.7 Å². The summed E-state index contributed by atoms with van der Waals surface area (Å²) < 4.78 is 26.8. The SMILES string of the molecule is COc1cccc(C(Oc2ccc3c(cnn3-c3ccc(F)cc3)c2)[C@H](C)NC(=O)CNC(C)=O)c1. The molecule has 36 heavy (non-hydrogen) atoms. The number of carbonyl (C=O) groups is 2. The predicted molar refractivity (Wildman–Crippen MR) is 134 cm³/mol. The minimum absolute atomic E-state index is 0.126. The molecule has 0 radical (unpaired) electrons. The molecule has 4 aromatic rings. The van der Waals surface area contributed by atoms with Crippen LogP contribution in [0, 0.1) is 5.82 Å². The van der Waals surface area contributed by atoms with Gasteiger partial charge in [0.05, 0.1) is 37.1 Å². The Morgan fingerprint density at radius 3 is 2.56 bits per heavy atom. The summed E-state index contributed by atoms with van der Waals surface area (Å²) >= 11 is 0. The van der Waals surface area contributed by atoms with Crippen LogP contribution in [0.3, 0.4) is 0 Å². The summed E-state index contributed by atoms with van der Waals surface area (Å²) in [7, 11) is 1.58. The topological polar surface area (TPSA) is 94.5 Å². The van der Waals surface area contributed by atoms with E-state index in [1.807, 2.05) is 49.4 Å². The highest BCUT2D eigenvalue weighted by Gasteiger charge is 2.24. The van der Waals surface area contributed by atoms with Crippen molar-refractivity contribution in [3.63, 3.8) is 0 Å². The number of ether oxygens (including phenoxy) is 2. The Labute approximate surface area is 208 Å². The molecule has 1 aromatic heterocycles. The van der Waals surface area contributed by atoms with Crippen molar-refractivity contribution in [1.82, 2.24) is 20.4 Å². The van der Waals surface area contributed by atoms with Crippen LogP contribution in [0.2, 0.25) is 0 Å². The maximum absolute atomic E-state index is 13.3. The summed E-state index contributed by atoms with van der Waals surface area (Å²) in [5.41, 5.74) is 2.39. The second kappa shape index (κ2) is 10.9. The lowest BCUT2D eigenvalue weighted by atomic mass is 10.0. The van der Waals surface area contributed by atoms with Gasteiger partial charge in [0, 0.05) is 12.3 Å². The summed E-state index contributed by atoms with van der Waals surface area (Å²) in [6.07, 6.45) is 1.16. The van der Waals surface area contributed by atoms with Crippen LogP contribution < -0.4 is 20.1 Å². The van der Waals surface area contributed by atoms with Crippen LogP contribution >= 0.6 is 0 Å². The van der Waals surface area contributed by atoms with Crippen molar-refractivity contribution in [1.29, 1.82) is 0 Å². The minimum Gasteiger partial charge on any atom is -0.497 e. The number of methoxy groups -OCH3 is 1. The fourth-order valence-corrected chi connectivity index (χ4v) is 3.88. The largest absolute Gasteiger partial charge is 0.497 e. The number of nitrogens with one attached hydrogen (secondary N) is 2. The number of aromatic nitrogens is 2. The number of rotatable bonds is 9. The van der Waals surface area contributed by atoms with Crippen molar-refractivity contribution in [2.45, 2.75) is 26.0 Å². The smallest absolute Gasteiger partial charge is 0.239 e. The summed E-state index contributed by atoms with van der Waals surface area (Å²) in [5.74, 6) is 0.316. The summed E-state index contributed by atoms with van der Waals surface area (Å²) in [6.45, 7) is 3.06. The van der Waals surface area contributed by atoms with Gasteiger partial charge in [0.1, 0.15) is 23.4 Å². The Hall–Kier alpha value is -4.40. The standard InChI is InChI=1S/C27H27FN4O4/c1-17(31-26(34)16-29-18(2)33)27(19-5-4-6-23(13-19)35-3)36-24-11-12-25-20(14-24)15-30-32(25)22-9-7-21(28)8-10-22/h4-15,17,27H,16H2,1-3H3,(H,29,33)(H,31,34)/t17-,27?/m0/s1. The van der Waals surface area contributed by atoms with Crippen molar-refractivity contribution < 1.29 is 23.5 Å². The molecule has 0 aliphatic rings. The minimum atomic E-state index is -0.550. The van der Waals surface area contributed by atoms with E-state index in [-0.39, 0.29) is 24.2 Å². The van der Waals surface area contributed by atoms with Crippen molar-refractivity contribution in [3.8, 4) is 17.2 Å². The van der Waals surface area contributed by atoms with E-state index in [0.29, 0.717) is 11.5 Å². The zero-order valence-electron chi connectivity index (χ0n) is 20.2. The van der Waals surface area contributed by atoms with Crippen LogP contribution in [0.15, 0.2) is 72.9 Å². The van der Waals surface area contributed by atoms with E-state index in [4.69, 9.17) is 9.47 Å². The number of amides is 2. The average molecular weight is 491 g/mol. The molecular formula is C27H27FN4O4. The molecule has 2 amide bonds. The third-order valence-electron chi connectivity index (χ3n) is 5.64. The predicted octanol–water partition coefficient (Wildman–Crippen LogP) is 3.93. The quantitative estimate of drug-likeness (QED) is 0.371. The normalized spacial score (nSPS) is 12.6. The number of carbonyl (C=O) groups excluding carboxylic acids is 2. The number of hydrogen-bond acceptors (Lipinski definition) is 5. The third-order valence-corrected chi connectivity index (χ3v) is 5.64. The van der Waals surface area contributed by atoms with Crippen molar-refractivity contribution in [3.05, 3.63) is 84.3 Å². The lowest BCUT2D eigenvalue weighted by Crippen LogP contribution is -2.44. The Morgan fingerprint density at radius 1 is 1.06 bits per heavy atom. The van der Waals surface area contributed by atoms with Gasteiger partial charge in [-0.25, -0.2) is 9.07 Å². The Kier molecular flexibility index (Phi) is 7.48. The van der Waals surface area contributed by atoms with Gasteiger partial charge in [0.2, 0.25) is 11.8 Å². The van der Waals surface area contributed by atoms with Gasteiger partial charge in [0.25, 0.3) is 0 Å². The Bertz CT molecular complexity index is 1370. The molecule has 3 aromatic carbocycles. The van der Waals surface area contributed by atoms with Crippen molar-refractivity contribution in [2.24, 2.45) is 0 Å². The molecule has 8 nitrogen and oxygen atoms in total. The fraction of sp³-hybridized carbons (Fsp3) is 0.222. The molecule has 1 heterocycles. The van der Waals surface area contributed by atoms with Crippen LogP contribution in [0.5, 0.6) is 11.5 Å². The van der Waals surface area contributed by atoms with Gasteiger partial charge >= 0.3 is 0 Å². The maximum Gasteiger partial charge on any atom is 0.239 e. The molecule has 0 bridgehead atoms. The summed E-state index contributed by atoms with van der Waals surface area (Å²) in [4.78, 5) is 23.5. The molecule has 186 valence electrons. The first kappa shape index (κ1) is 24.7. The van der Waals surface area contributed by atoms with Gasteiger partial charge < -0.3 is 20.1 Å². The second-order valence-corrected chi connectivity index (χ2v) is 8.33. The van der Waals surface area contributed by atoms with Gasteiger partial charge in [-0.1, -0.05) is 12.1 Å². The van der Waals surface area contributed by atoms with E-state index in [9.17, 15) is 14.0 Å². The average Bonchev–Trinajstić information content (AvgIpc) is 3.29. The Balaban J connectivity index is 1.60.